The van der Waals surface area contributed by atoms with Crippen molar-refractivity contribution in [2.24, 2.45) is 5.92 Å². The first kappa shape index (κ1) is 15.1. The van der Waals surface area contributed by atoms with Gasteiger partial charge in [0.2, 0.25) is 0 Å². The van der Waals surface area contributed by atoms with Crippen molar-refractivity contribution in [3.8, 4) is 0 Å². The first-order valence-corrected chi connectivity index (χ1v) is 7.47. The highest BCUT2D eigenvalue weighted by molar-refractivity contribution is 6.44. The van der Waals surface area contributed by atoms with E-state index < -0.39 is 17.8 Å². The van der Waals surface area contributed by atoms with Gasteiger partial charge in [-0.1, -0.05) is 26.0 Å². The van der Waals surface area contributed by atoms with Crippen molar-refractivity contribution in [3.63, 3.8) is 0 Å². The lowest BCUT2D eigenvalue weighted by Crippen LogP contribution is -2.35. The van der Waals surface area contributed by atoms with E-state index >= 15 is 0 Å². The molecule has 6 nitrogen and oxygen atoms in total. The molecule has 0 N–H and O–H groups in total. The predicted molar refractivity (Wildman–Crippen MR) is 84.2 cm³/mol. The summed E-state index contributed by atoms with van der Waals surface area (Å²) in [6.45, 7) is 4.13. The van der Waals surface area contributed by atoms with Gasteiger partial charge in [0.25, 0.3) is 0 Å². The first-order valence-electron chi connectivity index (χ1n) is 7.47. The van der Waals surface area contributed by atoms with Gasteiger partial charge in [0.15, 0.2) is 0 Å². The monoisotopic (exact) mass is 311 g/mol. The molecule has 118 valence electrons. The molecule has 0 atom stereocenters. The van der Waals surface area contributed by atoms with Gasteiger partial charge in [-0.15, -0.1) is 0 Å². The molecule has 1 aliphatic heterocycles. The number of pyridine rings is 1. The van der Waals surface area contributed by atoms with Gasteiger partial charge in [0, 0.05) is 24.3 Å². The van der Waals surface area contributed by atoms with E-state index in [1.54, 1.807) is 12.4 Å². The molecule has 2 heterocycles. The molecule has 23 heavy (non-hydrogen) atoms. The van der Waals surface area contributed by atoms with E-state index in [4.69, 9.17) is 0 Å². The minimum Gasteiger partial charge on any atom is -0.264 e. The topological polar surface area (TPSA) is 70.6 Å². The second-order valence-electron chi connectivity index (χ2n) is 6.04. The van der Waals surface area contributed by atoms with Crippen molar-refractivity contribution in [2.75, 3.05) is 6.54 Å². The van der Waals surface area contributed by atoms with Crippen molar-refractivity contribution in [2.45, 2.75) is 20.4 Å². The molecule has 0 bridgehead atoms. The van der Waals surface area contributed by atoms with Crippen molar-refractivity contribution in [1.82, 2.24) is 14.8 Å². The second kappa shape index (κ2) is 5.79. The molecule has 1 aromatic heterocycles. The molecular weight excluding hydrogens is 294 g/mol. The van der Waals surface area contributed by atoms with Crippen molar-refractivity contribution >= 4 is 28.6 Å². The van der Waals surface area contributed by atoms with Gasteiger partial charge in [-0.2, -0.15) is 0 Å². The predicted octanol–water partition coefficient (Wildman–Crippen LogP) is 2.18. The van der Waals surface area contributed by atoms with E-state index in [0.717, 1.165) is 26.1 Å². The van der Waals surface area contributed by atoms with Crippen LogP contribution >= 0.6 is 0 Å². The number of carbonyl (C=O) groups is 3. The Morgan fingerprint density at radius 3 is 2.48 bits per heavy atom. The van der Waals surface area contributed by atoms with Gasteiger partial charge in [0.05, 0.1) is 6.54 Å². The number of hydrogen-bond donors (Lipinski definition) is 0. The Morgan fingerprint density at radius 1 is 1.00 bits per heavy atom. The molecule has 0 saturated carbocycles. The molecule has 2 aromatic rings. The van der Waals surface area contributed by atoms with Crippen LogP contribution in [0.3, 0.4) is 0 Å². The standard InChI is InChI=1S/C17H17N3O3/c1-11(2)9-19-15(21)16(22)20(17(19)23)10-12-3-4-14-8-18-6-5-13(14)7-12/h3-8,11H,9-10H2,1-2H3. The Balaban J connectivity index is 1.84. The van der Waals surface area contributed by atoms with E-state index in [1.807, 2.05) is 38.1 Å². The van der Waals surface area contributed by atoms with Gasteiger partial charge in [-0.05, 0) is 29.0 Å². The van der Waals surface area contributed by atoms with E-state index in [-0.39, 0.29) is 19.0 Å². The maximum atomic E-state index is 12.3. The molecule has 0 radical (unpaired) electrons. The highest BCUT2D eigenvalue weighted by Gasteiger charge is 2.44. The summed E-state index contributed by atoms with van der Waals surface area (Å²) >= 11 is 0. The summed E-state index contributed by atoms with van der Waals surface area (Å²) in [5, 5.41) is 1.95. The third kappa shape index (κ3) is 2.79. The summed E-state index contributed by atoms with van der Waals surface area (Å²) < 4.78 is 0. The molecular formula is C17H17N3O3. The van der Waals surface area contributed by atoms with Gasteiger partial charge < -0.3 is 0 Å². The largest absolute Gasteiger partial charge is 0.334 e. The van der Waals surface area contributed by atoms with Gasteiger partial charge in [-0.25, -0.2) is 4.79 Å². The van der Waals surface area contributed by atoms with E-state index in [9.17, 15) is 14.4 Å². The van der Waals surface area contributed by atoms with Crippen LogP contribution in [0.1, 0.15) is 19.4 Å². The SMILES string of the molecule is CC(C)CN1C(=O)C(=O)N(Cc2ccc3cnccc3c2)C1=O. The Kier molecular flexibility index (Phi) is 3.82. The third-order valence-electron chi connectivity index (χ3n) is 3.73. The smallest absolute Gasteiger partial charge is 0.264 e. The van der Waals surface area contributed by atoms with E-state index in [0.29, 0.717) is 0 Å². The molecule has 3 rings (SSSR count). The van der Waals surface area contributed by atoms with Gasteiger partial charge in [0.1, 0.15) is 0 Å². The fourth-order valence-electron chi connectivity index (χ4n) is 2.63. The molecule has 0 spiro atoms. The average molecular weight is 311 g/mol. The minimum atomic E-state index is -0.759. The average Bonchev–Trinajstić information content (AvgIpc) is 2.72. The van der Waals surface area contributed by atoms with Crippen molar-refractivity contribution in [3.05, 3.63) is 42.2 Å². The van der Waals surface area contributed by atoms with Crippen LogP contribution in [0.15, 0.2) is 36.7 Å². The van der Waals surface area contributed by atoms with Crippen LogP contribution in [0.2, 0.25) is 0 Å². The third-order valence-corrected chi connectivity index (χ3v) is 3.73. The van der Waals surface area contributed by atoms with Crippen LogP contribution in [0, 0.1) is 5.92 Å². The Labute approximate surface area is 133 Å². The van der Waals surface area contributed by atoms with E-state index in [2.05, 4.69) is 4.98 Å². The number of rotatable bonds is 4. The van der Waals surface area contributed by atoms with Gasteiger partial charge >= 0.3 is 17.8 Å². The maximum absolute atomic E-state index is 12.3. The number of amides is 4. The number of aromatic nitrogens is 1. The Hall–Kier alpha value is -2.76. The van der Waals surface area contributed by atoms with Crippen molar-refractivity contribution in [1.29, 1.82) is 0 Å². The zero-order valence-electron chi connectivity index (χ0n) is 13.0. The molecule has 0 aliphatic carbocycles. The number of fused-ring (bicyclic) bond motifs is 1. The second-order valence-corrected chi connectivity index (χ2v) is 6.04. The Morgan fingerprint density at radius 2 is 1.74 bits per heavy atom. The van der Waals surface area contributed by atoms with E-state index in [1.165, 1.54) is 0 Å². The summed E-state index contributed by atoms with van der Waals surface area (Å²) in [6.07, 6.45) is 3.44. The normalized spacial score (nSPS) is 15.3. The highest BCUT2D eigenvalue weighted by Crippen LogP contribution is 2.20. The van der Waals surface area contributed by atoms with Crippen LogP contribution in [0.25, 0.3) is 10.8 Å². The first-order chi connectivity index (χ1) is 11.0. The number of benzene rings is 1. The van der Waals surface area contributed by atoms with Crippen LogP contribution in [-0.2, 0) is 16.1 Å². The number of nitrogens with zero attached hydrogens (tertiary/aromatic N) is 3. The lowest BCUT2D eigenvalue weighted by molar-refractivity contribution is -0.143. The molecule has 1 fully saturated rings. The number of carbonyl (C=O) groups excluding carboxylic acids is 3. The van der Waals surface area contributed by atoms with Gasteiger partial charge in [-0.3, -0.25) is 24.4 Å². The number of urea groups is 1. The van der Waals surface area contributed by atoms with Crippen LogP contribution < -0.4 is 0 Å². The molecule has 4 amide bonds. The summed E-state index contributed by atoms with van der Waals surface area (Å²) in [7, 11) is 0. The highest BCUT2D eigenvalue weighted by atomic mass is 16.2. The van der Waals surface area contributed by atoms with Crippen LogP contribution in [0.4, 0.5) is 4.79 Å². The molecule has 1 aliphatic rings. The lowest BCUT2D eigenvalue weighted by atomic mass is 10.1. The quantitative estimate of drug-likeness (QED) is 0.641. The number of hydrogen-bond acceptors (Lipinski definition) is 4. The molecule has 0 unspecified atom stereocenters. The Bertz CT molecular complexity index is 801. The lowest BCUT2D eigenvalue weighted by Gasteiger charge is -2.17. The molecule has 6 heteroatoms. The molecule has 1 saturated heterocycles. The summed E-state index contributed by atoms with van der Waals surface area (Å²) in [5.41, 5.74) is 0.796. The maximum Gasteiger partial charge on any atom is 0.334 e. The summed E-state index contributed by atoms with van der Waals surface area (Å²) in [5.74, 6) is -1.39. The fraction of sp³-hybridized carbons (Fsp3) is 0.294. The van der Waals surface area contributed by atoms with Crippen LogP contribution in [-0.4, -0.2) is 39.2 Å². The summed E-state index contributed by atoms with van der Waals surface area (Å²) in [6, 6.07) is 6.94. The zero-order valence-corrected chi connectivity index (χ0v) is 13.0. The number of imide groups is 2. The zero-order chi connectivity index (χ0) is 16.6. The minimum absolute atomic E-state index is 0.0935. The van der Waals surface area contributed by atoms with Crippen LogP contribution in [0.5, 0.6) is 0 Å². The van der Waals surface area contributed by atoms with Crippen molar-refractivity contribution < 1.29 is 14.4 Å². The molecule has 1 aromatic carbocycles. The fourth-order valence-corrected chi connectivity index (χ4v) is 2.63. The summed E-state index contributed by atoms with van der Waals surface area (Å²) in [4.78, 5) is 42.5.